The van der Waals surface area contributed by atoms with Crippen LogP contribution in [0.4, 0.5) is 5.13 Å². The normalized spacial score (nSPS) is 12.0. The number of ether oxygens (including phenoxy) is 2. The molecule has 3 rings (SSSR count). The van der Waals surface area contributed by atoms with Gasteiger partial charge in [-0.25, -0.2) is 4.98 Å². The zero-order valence-electron chi connectivity index (χ0n) is 13.8. The molecular formula is C18H17BrN2O3S. The molecule has 0 fully saturated rings. The van der Waals surface area contributed by atoms with Crippen LogP contribution in [0.25, 0.3) is 10.2 Å². The monoisotopic (exact) mass is 420 g/mol. The van der Waals surface area contributed by atoms with Crippen LogP contribution in [0.5, 0.6) is 11.5 Å². The summed E-state index contributed by atoms with van der Waals surface area (Å²) in [5.74, 6) is 1.18. The Morgan fingerprint density at radius 2 is 2.12 bits per heavy atom. The number of fused-ring (bicyclic) bond motifs is 1. The molecular weight excluding hydrogens is 404 g/mol. The number of hydrogen-bond acceptors (Lipinski definition) is 5. The van der Waals surface area contributed by atoms with Crippen molar-refractivity contribution in [1.29, 1.82) is 0 Å². The molecule has 1 heterocycles. The number of rotatable bonds is 6. The molecule has 5 nitrogen and oxygen atoms in total. The number of carbonyl (C=O) groups is 1. The van der Waals surface area contributed by atoms with E-state index in [1.54, 1.807) is 6.92 Å². The molecule has 0 spiro atoms. The number of hydrogen-bond donors (Lipinski definition) is 1. The summed E-state index contributed by atoms with van der Waals surface area (Å²) in [5.41, 5.74) is 0.823. The lowest BCUT2D eigenvalue weighted by atomic mass is 10.3. The number of anilines is 1. The van der Waals surface area contributed by atoms with Crippen molar-refractivity contribution >= 4 is 48.5 Å². The lowest BCUT2D eigenvalue weighted by Gasteiger charge is -2.13. The quantitative estimate of drug-likeness (QED) is 0.618. The molecule has 0 aliphatic carbocycles. The van der Waals surface area contributed by atoms with Gasteiger partial charge in [0.25, 0.3) is 5.91 Å². The summed E-state index contributed by atoms with van der Waals surface area (Å²) < 4.78 is 13.0. The molecule has 0 saturated carbocycles. The Labute approximate surface area is 158 Å². The smallest absolute Gasteiger partial charge is 0.266 e. The van der Waals surface area contributed by atoms with Crippen LogP contribution in [0.2, 0.25) is 0 Å². The number of amides is 1. The summed E-state index contributed by atoms with van der Waals surface area (Å²) in [6.45, 7) is 4.25. The first-order chi connectivity index (χ1) is 12.0. The van der Waals surface area contributed by atoms with Gasteiger partial charge in [0, 0.05) is 4.47 Å². The third-order valence-corrected chi connectivity index (χ3v) is 4.81. The van der Waals surface area contributed by atoms with E-state index in [1.165, 1.54) is 11.3 Å². The van der Waals surface area contributed by atoms with Crippen LogP contribution in [0.15, 0.2) is 46.9 Å². The molecule has 1 N–H and O–H groups in total. The van der Waals surface area contributed by atoms with Crippen molar-refractivity contribution < 1.29 is 14.3 Å². The minimum atomic E-state index is -0.639. The van der Waals surface area contributed by atoms with Crippen molar-refractivity contribution in [3.8, 4) is 11.5 Å². The number of nitrogens with one attached hydrogen (secondary N) is 1. The van der Waals surface area contributed by atoms with Gasteiger partial charge in [-0.05, 0) is 50.2 Å². The third-order valence-electron chi connectivity index (χ3n) is 3.38. The van der Waals surface area contributed by atoms with Crippen molar-refractivity contribution in [1.82, 2.24) is 4.98 Å². The Bertz CT molecular complexity index is 897. The molecule has 0 radical (unpaired) electrons. The van der Waals surface area contributed by atoms with Gasteiger partial charge in [0.15, 0.2) is 11.2 Å². The molecule has 0 bridgehead atoms. The van der Waals surface area contributed by atoms with Crippen LogP contribution in [0.1, 0.15) is 13.8 Å². The Morgan fingerprint density at radius 3 is 2.88 bits per heavy atom. The van der Waals surface area contributed by atoms with Gasteiger partial charge >= 0.3 is 0 Å². The zero-order chi connectivity index (χ0) is 17.8. The van der Waals surface area contributed by atoms with Crippen molar-refractivity contribution in [2.24, 2.45) is 0 Å². The molecule has 25 heavy (non-hydrogen) atoms. The number of thiazole rings is 1. The maximum atomic E-state index is 12.3. The highest BCUT2D eigenvalue weighted by atomic mass is 79.9. The fraction of sp³-hybridized carbons (Fsp3) is 0.222. The number of nitrogens with zero attached hydrogens (tertiary/aromatic N) is 1. The maximum absolute atomic E-state index is 12.3. The fourth-order valence-corrected chi connectivity index (χ4v) is 3.50. The molecule has 7 heteroatoms. The summed E-state index contributed by atoms with van der Waals surface area (Å²) in [5, 5.41) is 3.35. The molecule has 3 aromatic rings. The average molecular weight is 421 g/mol. The minimum Gasteiger partial charge on any atom is -0.494 e. The largest absolute Gasteiger partial charge is 0.494 e. The first-order valence-electron chi connectivity index (χ1n) is 7.81. The maximum Gasteiger partial charge on any atom is 0.266 e. The standard InChI is InChI=1S/C18H17BrN2O3S/c1-3-23-13-7-8-15-16(10-13)25-18(20-15)21-17(22)11(2)24-14-6-4-5-12(19)9-14/h4-11H,3H2,1-2H3,(H,20,21,22). The Morgan fingerprint density at radius 1 is 1.28 bits per heavy atom. The lowest BCUT2D eigenvalue weighted by Crippen LogP contribution is -2.30. The Balaban J connectivity index is 1.68. The van der Waals surface area contributed by atoms with E-state index in [9.17, 15) is 4.79 Å². The predicted octanol–water partition coefficient (Wildman–Crippen LogP) is 4.86. The van der Waals surface area contributed by atoms with Gasteiger partial charge in [-0.2, -0.15) is 0 Å². The summed E-state index contributed by atoms with van der Waals surface area (Å²) in [4.78, 5) is 16.8. The summed E-state index contributed by atoms with van der Waals surface area (Å²) in [6, 6.07) is 13.1. The first kappa shape index (κ1) is 17.7. The van der Waals surface area contributed by atoms with Crippen molar-refractivity contribution in [3.63, 3.8) is 0 Å². The van der Waals surface area contributed by atoms with Crippen LogP contribution in [-0.4, -0.2) is 23.6 Å². The van der Waals surface area contributed by atoms with Gasteiger partial charge < -0.3 is 9.47 Å². The highest BCUT2D eigenvalue weighted by Crippen LogP contribution is 2.29. The van der Waals surface area contributed by atoms with Gasteiger partial charge in [-0.1, -0.05) is 33.3 Å². The Kier molecular flexibility index (Phi) is 5.55. The summed E-state index contributed by atoms with van der Waals surface area (Å²) >= 11 is 4.79. The van der Waals surface area contributed by atoms with Gasteiger partial charge in [-0.15, -0.1) is 0 Å². The van der Waals surface area contributed by atoms with Gasteiger partial charge in [0.2, 0.25) is 0 Å². The van der Waals surface area contributed by atoms with Crippen LogP contribution in [-0.2, 0) is 4.79 Å². The second-order valence-corrected chi connectivity index (χ2v) is 7.23. The number of carbonyl (C=O) groups excluding carboxylic acids is 1. The topological polar surface area (TPSA) is 60.5 Å². The van der Waals surface area contributed by atoms with E-state index in [-0.39, 0.29) is 5.91 Å². The molecule has 1 amide bonds. The summed E-state index contributed by atoms with van der Waals surface area (Å²) in [7, 11) is 0. The van der Waals surface area contributed by atoms with E-state index in [2.05, 4.69) is 26.2 Å². The fourth-order valence-electron chi connectivity index (χ4n) is 2.22. The molecule has 2 aromatic carbocycles. The van der Waals surface area contributed by atoms with Gasteiger partial charge in [0.1, 0.15) is 11.5 Å². The van der Waals surface area contributed by atoms with Crippen LogP contribution in [0, 0.1) is 0 Å². The van der Waals surface area contributed by atoms with Crippen molar-refractivity contribution in [3.05, 3.63) is 46.9 Å². The molecule has 1 aromatic heterocycles. The third kappa shape index (κ3) is 4.49. The highest BCUT2D eigenvalue weighted by Gasteiger charge is 2.17. The highest BCUT2D eigenvalue weighted by molar-refractivity contribution is 9.10. The van der Waals surface area contributed by atoms with Crippen LogP contribution >= 0.6 is 27.3 Å². The summed E-state index contributed by atoms with van der Waals surface area (Å²) in [6.07, 6.45) is -0.639. The zero-order valence-corrected chi connectivity index (χ0v) is 16.2. The predicted molar refractivity (Wildman–Crippen MR) is 104 cm³/mol. The van der Waals surface area contributed by atoms with E-state index >= 15 is 0 Å². The molecule has 0 aliphatic heterocycles. The molecule has 0 saturated heterocycles. The first-order valence-corrected chi connectivity index (χ1v) is 9.42. The van der Waals surface area contributed by atoms with Crippen molar-refractivity contribution in [2.45, 2.75) is 20.0 Å². The minimum absolute atomic E-state index is 0.246. The van der Waals surface area contributed by atoms with E-state index < -0.39 is 6.10 Å². The molecule has 0 aliphatic rings. The Hall–Kier alpha value is -2.12. The molecule has 130 valence electrons. The number of benzene rings is 2. The van der Waals surface area contributed by atoms with E-state index in [0.717, 1.165) is 20.4 Å². The molecule has 1 unspecified atom stereocenters. The van der Waals surface area contributed by atoms with Gasteiger partial charge in [-0.3, -0.25) is 10.1 Å². The number of aromatic nitrogens is 1. The number of halogens is 1. The second-order valence-electron chi connectivity index (χ2n) is 5.29. The molecule has 1 atom stereocenters. The van der Waals surface area contributed by atoms with Gasteiger partial charge in [0.05, 0.1) is 16.8 Å². The van der Waals surface area contributed by atoms with E-state index in [4.69, 9.17) is 9.47 Å². The lowest BCUT2D eigenvalue weighted by molar-refractivity contribution is -0.122. The van der Waals surface area contributed by atoms with Crippen molar-refractivity contribution in [2.75, 3.05) is 11.9 Å². The van der Waals surface area contributed by atoms with E-state index in [0.29, 0.717) is 17.5 Å². The van der Waals surface area contributed by atoms with Crippen LogP contribution < -0.4 is 14.8 Å². The SMILES string of the molecule is CCOc1ccc2nc(NC(=O)C(C)Oc3cccc(Br)c3)sc2c1. The average Bonchev–Trinajstić information content (AvgIpc) is 2.96. The second kappa shape index (κ2) is 7.84. The van der Waals surface area contributed by atoms with E-state index in [1.807, 2.05) is 49.4 Å². The van der Waals surface area contributed by atoms with Crippen LogP contribution in [0.3, 0.4) is 0 Å².